The lowest BCUT2D eigenvalue weighted by Gasteiger charge is -2.02. The molecule has 2 rings (SSSR count). The normalized spacial score (nSPS) is 21.6. The highest BCUT2D eigenvalue weighted by molar-refractivity contribution is 5.84. The SMILES string of the molecule is CCO[C@@H]1C[C@H]1C(=O)NCc1ccc(C(=O)O)o1. The summed E-state index contributed by atoms with van der Waals surface area (Å²) in [6.07, 6.45) is 0.777. The molecule has 0 aliphatic heterocycles. The summed E-state index contributed by atoms with van der Waals surface area (Å²) in [7, 11) is 0. The molecule has 0 unspecified atom stereocenters. The molecule has 0 aromatic carbocycles. The first-order valence-corrected chi connectivity index (χ1v) is 5.83. The van der Waals surface area contributed by atoms with Crippen LogP contribution < -0.4 is 5.32 Å². The van der Waals surface area contributed by atoms with E-state index in [-0.39, 0.29) is 30.2 Å². The van der Waals surface area contributed by atoms with Gasteiger partial charge in [0.25, 0.3) is 0 Å². The Morgan fingerprint density at radius 1 is 1.56 bits per heavy atom. The van der Waals surface area contributed by atoms with Gasteiger partial charge >= 0.3 is 5.97 Å². The maximum atomic E-state index is 11.7. The maximum absolute atomic E-state index is 11.7. The van der Waals surface area contributed by atoms with Gasteiger partial charge < -0.3 is 19.6 Å². The van der Waals surface area contributed by atoms with Crippen molar-refractivity contribution >= 4 is 11.9 Å². The number of hydrogen-bond acceptors (Lipinski definition) is 4. The van der Waals surface area contributed by atoms with E-state index in [1.54, 1.807) is 0 Å². The van der Waals surface area contributed by atoms with Crippen LogP contribution in [0.1, 0.15) is 29.7 Å². The molecule has 2 N–H and O–H groups in total. The number of amides is 1. The molecule has 1 saturated carbocycles. The highest BCUT2D eigenvalue weighted by atomic mass is 16.5. The first kappa shape index (κ1) is 12.6. The number of aromatic carboxylic acids is 1. The lowest BCUT2D eigenvalue weighted by atomic mass is 10.3. The zero-order valence-electron chi connectivity index (χ0n) is 10.0. The van der Waals surface area contributed by atoms with E-state index in [1.165, 1.54) is 12.1 Å². The van der Waals surface area contributed by atoms with Gasteiger partial charge in [0.05, 0.1) is 18.6 Å². The van der Waals surface area contributed by atoms with Gasteiger partial charge in [-0.1, -0.05) is 0 Å². The van der Waals surface area contributed by atoms with Gasteiger partial charge in [0.1, 0.15) is 5.76 Å². The molecule has 6 nitrogen and oxygen atoms in total. The minimum atomic E-state index is -1.12. The van der Waals surface area contributed by atoms with Crippen molar-refractivity contribution in [3.63, 3.8) is 0 Å². The van der Waals surface area contributed by atoms with Gasteiger partial charge in [0.2, 0.25) is 11.7 Å². The number of rotatable bonds is 6. The molecule has 0 radical (unpaired) electrons. The van der Waals surface area contributed by atoms with Crippen LogP contribution in [0.5, 0.6) is 0 Å². The van der Waals surface area contributed by atoms with Gasteiger partial charge in [-0.3, -0.25) is 4.79 Å². The summed E-state index contributed by atoms with van der Waals surface area (Å²) < 4.78 is 10.3. The van der Waals surface area contributed by atoms with Crippen LogP contribution in [0.15, 0.2) is 16.5 Å². The van der Waals surface area contributed by atoms with Crippen molar-refractivity contribution in [3.05, 3.63) is 23.7 Å². The lowest BCUT2D eigenvalue weighted by Crippen LogP contribution is -2.25. The molecule has 1 amide bonds. The minimum Gasteiger partial charge on any atom is -0.475 e. The van der Waals surface area contributed by atoms with Crippen LogP contribution in [0.4, 0.5) is 0 Å². The molecule has 1 aromatic heterocycles. The van der Waals surface area contributed by atoms with Gasteiger partial charge in [-0.15, -0.1) is 0 Å². The van der Waals surface area contributed by atoms with Crippen LogP contribution in [0.25, 0.3) is 0 Å². The Morgan fingerprint density at radius 2 is 2.33 bits per heavy atom. The van der Waals surface area contributed by atoms with Crippen molar-refractivity contribution < 1.29 is 23.8 Å². The van der Waals surface area contributed by atoms with Crippen molar-refractivity contribution in [2.75, 3.05) is 6.61 Å². The fourth-order valence-corrected chi connectivity index (χ4v) is 1.74. The maximum Gasteiger partial charge on any atom is 0.371 e. The second-order valence-electron chi connectivity index (χ2n) is 4.12. The summed E-state index contributed by atoms with van der Waals surface area (Å²) in [5, 5.41) is 11.4. The Balaban J connectivity index is 1.77. The molecule has 1 aliphatic rings. The first-order valence-electron chi connectivity index (χ1n) is 5.83. The van der Waals surface area contributed by atoms with E-state index < -0.39 is 5.97 Å². The van der Waals surface area contributed by atoms with Crippen molar-refractivity contribution in [2.24, 2.45) is 5.92 Å². The van der Waals surface area contributed by atoms with Crippen LogP contribution in [0, 0.1) is 5.92 Å². The van der Waals surface area contributed by atoms with E-state index in [0.717, 1.165) is 6.42 Å². The number of carboxylic acids is 1. The zero-order chi connectivity index (χ0) is 13.1. The largest absolute Gasteiger partial charge is 0.475 e. The summed E-state index contributed by atoms with van der Waals surface area (Å²) in [5.41, 5.74) is 0. The van der Waals surface area contributed by atoms with Crippen molar-refractivity contribution in [2.45, 2.75) is 26.0 Å². The number of carboxylic acid groups (broad SMARTS) is 1. The van der Waals surface area contributed by atoms with E-state index in [4.69, 9.17) is 14.3 Å². The fourth-order valence-electron chi connectivity index (χ4n) is 1.74. The smallest absolute Gasteiger partial charge is 0.371 e. The topological polar surface area (TPSA) is 88.8 Å². The van der Waals surface area contributed by atoms with E-state index in [9.17, 15) is 9.59 Å². The number of ether oxygens (including phenoxy) is 1. The van der Waals surface area contributed by atoms with E-state index in [2.05, 4.69) is 5.32 Å². The molecule has 0 bridgehead atoms. The molecule has 2 atom stereocenters. The lowest BCUT2D eigenvalue weighted by molar-refractivity contribution is -0.123. The van der Waals surface area contributed by atoms with Gasteiger partial charge in [-0.25, -0.2) is 4.79 Å². The van der Waals surface area contributed by atoms with E-state index in [1.807, 2.05) is 6.92 Å². The summed E-state index contributed by atoms with van der Waals surface area (Å²) >= 11 is 0. The predicted octanol–water partition coefficient (Wildman–Crippen LogP) is 1.02. The molecule has 0 spiro atoms. The molecule has 1 aromatic rings. The van der Waals surface area contributed by atoms with E-state index >= 15 is 0 Å². The van der Waals surface area contributed by atoms with Crippen molar-refractivity contribution in [1.82, 2.24) is 5.32 Å². The second-order valence-corrected chi connectivity index (χ2v) is 4.12. The molecule has 1 heterocycles. The minimum absolute atomic E-state index is 0.0289. The third-order valence-electron chi connectivity index (χ3n) is 2.76. The van der Waals surface area contributed by atoms with Crippen molar-refractivity contribution in [1.29, 1.82) is 0 Å². The number of hydrogen-bond donors (Lipinski definition) is 2. The van der Waals surface area contributed by atoms with Crippen LogP contribution in [0.3, 0.4) is 0 Å². The van der Waals surface area contributed by atoms with Crippen LogP contribution in [0.2, 0.25) is 0 Å². The molecule has 1 fully saturated rings. The number of nitrogens with one attached hydrogen (secondary N) is 1. The Labute approximate surface area is 104 Å². The first-order chi connectivity index (χ1) is 8.61. The molecular formula is C12H15NO5. The number of carbonyl (C=O) groups is 2. The van der Waals surface area contributed by atoms with Crippen LogP contribution in [-0.2, 0) is 16.1 Å². The van der Waals surface area contributed by atoms with E-state index in [0.29, 0.717) is 12.4 Å². The van der Waals surface area contributed by atoms with Crippen LogP contribution in [-0.4, -0.2) is 29.7 Å². The second kappa shape index (κ2) is 5.22. The Bertz CT molecular complexity index is 453. The number of carbonyl (C=O) groups excluding carboxylic acids is 1. The fraction of sp³-hybridized carbons (Fsp3) is 0.500. The molecule has 0 saturated heterocycles. The standard InChI is InChI=1S/C12H15NO5/c1-2-17-10-5-8(10)11(14)13-6-7-3-4-9(18-7)12(15)16/h3-4,8,10H,2,5-6H2,1H3,(H,13,14)(H,15,16)/t8-,10-/m1/s1. The monoisotopic (exact) mass is 253 g/mol. The van der Waals surface area contributed by atoms with Gasteiger partial charge in [0.15, 0.2) is 0 Å². The van der Waals surface area contributed by atoms with Gasteiger partial charge in [-0.2, -0.15) is 0 Å². The third kappa shape index (κ3) is 2.89. The zero-order valence-corrected chi connectivity index (χ0v) is 10.0. The molecule has 18 heavy (non-hydrogen) atoms. The van der Waals surface area contributed by atoms with Crippen molar-refractivity contribution in [3.8, 4) is 0 Å². The molecular weight excluding hydrogens is 238 g/mol. The van der Waals surface area contributed by atoms with Gasteiger partial charge in [-0.05, 0) is 25.5 Å². The highest BCUT2D eigenvalue weighted by Gasteiger charge is 2.43. The van der Waals surface area contributed by atoms with Crippen LogP contribution >= 0.6 is 0 Å². The average Bonchev–Trinajstić information content (AvgIpc) is 2.93. The highest BCUT2D eigenvalue weighted by Crippen LogP contribution is 2.33. The summed E-state index contributed by atoms with van der Waals surface area (Å²) in [6.45, 7) is 2.69. The van der Waals surface area contributed by atoms with Gasteiger partial charge in [0, 0.05) is 6.61 Å². The molecule has 1 aliphatic carbocycles. The molecule has 6 heteroatoms. The quantitative estimate of drug-likeness (QED) is 0.790. The average molecular weight is 253 g/mol. The Kier molecular flexibility index (Phi) is 3.66. The number of furan rings is 1. The summed E-state index contributed by atoms with van der Waals surface area (Å²) in [4.78, 5) is 22.2. The summed E-state index contributed by atoms with van der Waals surface area (Å²) in [5.74, 6) is -0.987. The Hall–Kier alpha value is -1.82. The third-order valence-corrected chi connectivity index (χ3v) is 2.76. The molecule has 98 valence electrons. The Morgan fingerprint density at radius 3 is 2.94 bits per heavy atom. The predicted molar refractivity (Wildman–Crippen MR) is 61.0 cm³/mol. The summed E-state index contributed by atoms with van der Waals surface area (Å²) in [6, 6.07) is 2.90.